The zero-order valence-electron chi connectivity index (χ0n) is 16.8. The molecule has 1 aliphatic heterocycles. The van der Waals surface area contributed by atoms with Gasteiger partial charge in [-0.05, 0) is 17.7 Å². The van der Waals surface area contributed by atoms with E-state index in [1.165, 1.54) is 5.56 Å². The highest BCUT2D eigenvalue weighted by Crippen LogP contribution is 2.14. The molecule has 2 N–H and O–H groups in total. The Morgan fingerprint density at radius 1 is 0.966 bits per heavy atom. The number of guanidine groups is 1. The summed E-state index contributed by atoms with van der Waals surface area (Å²) in [5.74, 6) is 0.707. The van der Waals surface area contributed by atoms with E-state index in [0.29, 0.717) is 23.7 Å². The molecule has 7 heteroatoms. The molecule has 0 radical (unpaired) electrons. The summed E-state index contributed by atoms with van der Waals surface area (Å²) in [6, 6.07) is 17.6. The summed E-state index contributed by atoms with van der Waals surface area (Å²) >= 11 is 6.06. The molecule has 0 spiro atoms. The molecule has 0 saturated carbocycles. The molecule has 1 aliphatic rings. The van der Waals surface area contributed by atoms with E-state index in [2.05, 4.69) is 49.7 Å². The lowest BCUT2D eigenvalue weighted by Crippen LogP contribution is -2.53. The average Bonchev–Trinajstić information content (AvgIpc) is 2.75. The van der Waals surface area contributed by atoms with Crippen molar-refractivity contribution in [1.29, 1.82) is 0 Å². The highest BCUT2D eigenvalue weighted by molar-refractivity contribution is 6.33. The summed E-state index contributed by atoms with van der Waals surface area (Å²) in [5.41, 5.74) is 1.84. The van der Waals surface area contributed by atoms with Crippen LogP contribution in [0.5, 0.6) is 0 Å². The Morgan fingerprint density at radius 2 is 1.62 bits per heavy atom. The zero-order chi connectivity index (χ0) is 20.5. The third-order valence-corrected chi connectivity index (χ3v) is 5.27. The molecule has 154 valence electrons. The minimum Gasteiger partial charge on any atom is -0.354 e. The lowest BCUT2D eigenvalue weighted by molar-refractivity contribution is 0.0954. The van der Waals surface area contributed by atoms with Crippen molar-refractivity contribution in [2.45, 2.75) is 6.54 Å². The molecule has 1 fully saturated rings. The maximum absolute atomic E-state index is 12.2. The first kappa shape index (κ1) is 21.1. The summed E-state index contributed by atoms with van der Waals surface area (Å²) in [6.07, 6.45) is 0. The Balaban J connectivity index is 1.38. The maximum atomic E-state index is 12.2. The van der Waals surface area contributed by atoms with Gasteiger partial charge in [0.25, 0.3) is 5.91 Å². The fraction of sp³-hybridized carbons (Fsp3) is 0.364. The van der Waals surface area contributed by atoms with E-state index in [1.807, 2.05) is 12.1 Å². The van der Waals surface area contributed by atoms with Gasteiger partial charge in [0.2, 0.25) is 0 Å². The molecule has 2 aromatic rings. The van der Waals surface area contributed by atoms with E-state index in [-0.39, 0.29) is 5.91 Å². The van der Waals surface area contributed by atoms with E-state index in [1.54, 1.807) is 25.2 Å². The van der Waals surface area contributed by atoms with E-state index in [9.17, 15) is 4.79 Å². The van der Waals surface area contributed by atoms with Crippen molar-refractivity contribution in [2.24, 2.45) is 4.99 Å². The van der Waals surface area contributed by atoms with Crippen molar-refractivity contribution < 1.29 is 4.79 Å². The number of halogens is 1. The van der Waals surface area contributed by atoms with Crippen LogP contribution in [0.3, 0.4) is 0 Å². The van der Waals surface area contributed by atoms with E-state index >= 15 is 0 Å². The van der Waals surface area contributed by atoms with Gasteiger partial charge in [-0.15, -0.1) is 0 Å². The number of piperazine rings is 1. The Hall–Kier alpha value is -2.57. The third-order valence-electron chi connectivity index (χ3n) is 4.94. The number of carbonyl (C=O) groups is 1. The smallest absolute Gasteiger partial charge is 0.252 e. The fourth-order valence-electron chi connectivity index (χ4n) is 3.38. The van der Waals surface area contributed by atoms with Crippen LogP contribution in [-0.4, -0.2) is 68.0 Å². The number of amides is 1. The number of hydrogen-bond acceptors (Lipinski definition) is 3. The molecular weight excluding hydrogens is 386 g/mol. The van der Waals surface area contributed by atoms with Gasteiger partial charge in [-0.2, -0.15) is 0 Å². The van der Waals surface area contributed by atoms with Gasteiger partial charge < -0.3 is 15.5 Å². The van der Waals surface area contributed by atoms with Crippen LogP contribution in [0.15, 0.2) is 59.6 Å². The monoisotopic (exact) mass is 413 g/mol. The van der Waals surface area contributed by atoms with Gasteiger partial charge in [0.15, 0.2) is 5.96 Å². The number of hydrogen-bond donors (Lipinski definition) is 2. The van der Waals surface area contributed by atoms with Crippen LogP contribution in [-0.2, 0) is 6.54 Å². The highest BCUT2D eigenvalue weighted by atomic mass is 35.5. The van der Waals surface area contributed by atoms with Crippen LogP contribution >= 0.6 is 11.6 Å². The first-order chi connectivity index (χ1) is 14.2. The van der Waals surface area contributed by atoms with Crippen LogP contribution < -0.4 is 10.6 Å². The second kappa shape index (κ2) is 10.8. The van der Waals surface area contributed by atoms with Gasteiger partial charge in [-0.1, -0.05) is 54.1 Å². The number of benzene rings is 2. The molecular formula is C22H28ClN5O. The molecule has 0 aromatic heterocycles. The highest BCUT2D eigenvalue weighted by Gasteiger charge is 2.19. The number of nitrogens with one attached hydrogen (secondary N) is 2. The van der Waals surface area contributed by atoms with E-state index < -0.39 is 0 Å². The van der Waals surface area contributed by atoms with Crippen molar-refractivity contribution >= 4 is 23.5 Å². The molecule has 2 aromatic carbocycles. The third kappa shape index (κ3) is 6.21. The van der Waals surface area contributed by atoms with Gasteiger partial charge in [-0.25, -0.2) is 0 Å². The molecule has 3 rings (SSSR count). The van der Waals surface area contributed by atoms with Crippen LogP contribution in [0, 0.1) is 0 Å². The first-order valence-corrected chi connectivity index (χ1v) is 10.3. The molecule has 29 heavy (non-hydrogen) atoms. The second-order valence-corrected chi connectivity index (χ2v) is 7.37. The van der Waals surface area contributed by atoms with Crippen LogP contribution in [0.2, 0.25) is 5.02 Å². The predicted octanol–water partition coefficient (Wildman–Crippen LogP) is 2.46. The largest absolute Gasteiger partial charge is 0.354 e. The second-order valence-electron chi connectivity index (χ2n) is 6.96. The summed E-state index contributed by atoms with van der Waals surface area (Å²) in [6.45, 7) is 5.94. The van der Waals surface area contributed by atoms with Crippen molar-refractivity contribution in [2.75, 3.05) is 46.3 Å². The zero-order valence-corrected chi connectivity index (χ0v) is 17.5. The molecule has 0 aliphatic carbocycles. The molecule has 1 amide bonds. The van der Waals surface area contributed by atoms with Crippen molar-refractivity contribution in [1.82, 2.24) is 20.4 Å². The molecule has 0 unspecified atom stereocenters. The van der Waals surface area contributed by atoms with Crippen molar-refractivity contribution in [3.63, 3.8) is 0 Å². The Bertz CT molecular complexity index is 819. The molecule has 1 saturated heterocycles. The normalized spacial score (nSPS) is 15.2. The number of rotatable bonds is 6. The standard InChI is InChI=1S/C22H28ClN5O/c1-24-22(26-12-11-25-21(29)19-9-5-6-10-20(19)23)28-15-13-27(14-16-28)17-18-7-3-2-4-8-18/h2-10H,11-17H2,1H3,(H,24,26)(H,25,29). The molecule has 1 heterocycles. The maximum Gasteiger partial charge on any atom is 0.252 e. The minimum atomic E-state index is -0.165. The van der Waals surface area contributed by atoms with Crippen LogP contribution in [0.1, 0.15) is 15.9 Å². The molecule has 0 bridgehead atoms. The SMILES string of the molecule is CN=C(NCCNC(=O)c1ccccc1Cl)N1CCN(Cc2ccccc2)CC1. The first-order valence-electron chi connectivity index (χ1n) is 9.92. The lowest BCUT2D eigenvalue weighted by Gasteiger charge is -2.36. The predicted molar refractivity (Wildman–Crippen MR) is 118 cm³/mol. The summed E-state index contributed by atoms with van der Waals surface area (Å²) < 4.78 is 0. The average molecular weight is 414 g/mol. The van der Waals surface area contributed by atoms with E-state index in [4.69, 9.17) is 11.6 Å². The summed E-state index contributed by atoms with van der Waals surface area (Å²) in [5, 5.41) is 6.68. The van der Waals surface area contributed by atoms with Crippen LogP contribution in [0.4, 0.5) is 0 Å². The van der Waals surface area contributed by atoms with Gasteiger partial charge in [0.1, 0.15) is 0 Å². The summed E-state index contributed by atoms with van der Waals surface area (Å²) in [4.78, 5) is 21.3. The quantitative estimate of drug-likeness (QED) is 0.434. The van der Waals surface area contributed by atoms with Gasteiger partial charge in [-0.3, -0.25) is 14.7 Å². The minimum absolute atomic E-state index is 0.165. The lowest BCUT2D eigenvalue weighted by atomic mass is 10.2. The molecule has 6 nitrogen and oxygen atoms in total. The van der Waals surface area contributed by atoms with Crippen molar-refractivity contribution in [3.8, 4) is 0 Å². The van der Waals surface area contributed by atoms with Gasteiger partial charge in [0.05, 0.1) is 10.6 Å². The van der Waals surface area contributed by atoms with Gasteiger partial charge in [0, 0.05) is 52.9 Å². The number of aliphatic imine (C=N–C) groups is 1. The van der Waals surface area contributed by atoms with Gasteiger partial charge >= 0.3 is 0 Å². The molecule has 0 atom stereocenters. The number of carbonyl (C=O) groups excluding carboxylic acids is 1. The fourth-order valence-corrected chi connectivity index (χ4v) is 3.60. The Labute approximate surface area is 177 Å². The number of nitrogens with zero attached hydrogens (tertiary/aromatic N) is 3. The Kier molecular flexibility index (Phi) is 7.90. The van der Waals surface area contributed by atoms with Crippen LogP contribution in [0.25, 0.3) is 0 Å². The summed E-state index contributed by atoms with van der Waals surface area (Å²) in [7, 11) is 1.79. The topological polar surface area (TPSA) is 60.0 Å². The Morgan fingerprint density at radius 3 is 2.31 bits per heavy atom. The van der Waals surface area contributed by atoms with Crippen molar-refractivity contribution in [3.05, 3.63) is 70.7 Å². The van der Waals surface area contributed by atoms with E-state index in [0.717, 1.165) is 38.7 Å².